The number of hydrazone groups is 1. The smallest absolute Gasteiger partial charge is 0.271 e. The molecular formula is C19H21ClN2O4. The number of ether oxygens (including phenoxy) is 3. The monoisotopic (exact) mass is 376 g/mol. The number of rotatable bonds is 7. The van der Waals surface area contributed by atoms with Crippen molar-refractivity contribution < 1.29 is 19.0 Å². The van der Waals surface area contributed by atoms with E-state index in [1.807, 2.05) is 6.92 Å². The topological polar surface area (TPSA) is 69.2 Å². The molecule has 0 aromatic heterocycles. The second kappa shape index (κ2) is 9.10. The van der Waals surface area contributed by atoms with Crippen LogP contribution in [0.15, 0.2) is 41.5 Å². The number of halogens is 1. The molecule has 0 saturated carbocycles. The first-order valence-corrected chi connectivity index (χ1v) is 8.37. The molecule has 0 heterocycles. The van der Waals surface area contributed by atoms with Crippen molar-refractivity contribution in [3.05, 3.63) is 52.5 Å². The number of methoxy groups -OCH3 is 2. The van der Waals surface area contributed by atoms with Crippen molar-refractivity contribution in [2.24, 2.45) is 5.10 Å². The number of amides is 1. The van der Waals surface area contributed by atoms with E-state index in [4.69, 9.17) is 25.8 Å². The van der Waals surface area contributed by atoms with E-state index in [0.29, 0.717) is 45.7 Å². The Morgan fingerprint density at radius 1 is 1.08 bits per heavy atom. The van der Waals surface area contributed by atoms with Crippen molar-refractivity contribution in [1.29, 1.82) is 0 Å². The van der Waals surface area contributed by atoms with Crippen molar-refractivity contribution in [1.82, 2.24) is 5.43 Å². The van der Waals surface area contributed by atoms with Crippen LogP contribution in [0.2, 0.25) is 5.02 Å². The van der Waals surface area contributed by atoms with Gasteiger partial charge in [-0.2, -0.15) is 5.10 Å². The number of benzene rings is 2. The number of hydrogen-bond acceptors (Lipinski definition) is 5. The van der Waals surface area contributed by atoms with E-state index in [2.05, 4.69) is 10.5 Å². The summed E-state index contributed by atoms with van der Waals surface area (Å²) in [6.45, 7) is 4.14. The highest BCUT2D eigenvalue weighted by molar-refractivity contribution is 6.31. The summed E-state index contributed by atoms with van der Waals surface area (Å²) >= 11 is 6.03. The van der Waals surface area contributed by atoms with Crippen molar-refractivity contribution >= 4 is 23.2 Å². The second-order valence-electron chi connectivity index (χ2n) is 5.28. The van der Waals surface area contributed by atoms with Gasteiger partial charge in [-0.15, -0.1) is 0 Å². The summed E-state index contributed by atoms with van der Waals surface area (Å²) in [6, 6.07) is 10.1. The zero-order chi connectivity index (χ0) is 19.1. The standard InChI is InChI=1S/C19H21ClN2O4/c1-5-26-17-8-6-13(10-18(17)25-4)19(23)22-21-12(2)15-11-14(20)7-9-16(15)24-3/h6-11H,5H2,1-4H3,(H,22,23)/b21-12-. The van der Waals surface area contributed by atoms with Gasteiger partial charge in [0.25, 0.3) is 5.91 Å². The summed E-state index contributed by atoms with van der Waals surface area (Å²) < 4.78 is 16.0. The zero-order valence-corrected chi connectivity index (χ0v) is 15.9. The van der Waals surface area contributed by atoms with Crippen LogP contribution in [-0.2, 0) is 0 Å². The molecule has 0 saturated heterocycles. The Kier molecular flexibility index (Phi) is 6.86. The Morgan fingerprint density at radius 3 is 2.42 bits per heavy atom. The van der Waals surface area contributed by atoms with Crippen LogP contribution < -0.4 is 19.6 Å². The largest absolute Gasteiger partial charge is 0.496 e. The van der Waals surface area contributed by atoms with E-state index < -0.39 is 0 Å². The summed E-state index contributed by atoms with van der Waals surface area (Å²) in [6.07, 6.45) is 0. The fraction of sp³-hybridized carbons (Fsp3) is 0.263. The van der Waals surface area contributed by atoms with Gasteiger partial charge in [0.15, 0.2) is 11.5 Å². The van der Waals surface area contributed by atoms with Crippen LogP contribution in [0.25, 0.3) is 0 Å². The van der Waals surface area contributed by atoms with Crippen LogP contribution in [0.3, 0.4) is 0 Å². The first kappa shape index (κ1) is 19.6. The normalized spacial score (nSPS) is 11.0. The quantitative estimate of drug-likeness (QED) is 0.587. The van der Waals surface area contributed by atoms with Gasteiger partial charge in [-0.05, 0) is 50.2 Å². The van der Waals surface area contributed by atoms with E-state index in [-0.39, 0.29) is 5.91 Å². The highest BCUT2D eigenvalue weighted by Crippen LogP contribution is 2.28. The average molecular weight is 377 g/mol. The molecular weight excluding hydrogens is 356 g/mol. The third kappa shape index (κ3) is 4.67. The minimum absolute atomic E-state index is 0.369. The van der Waals surface area contributed by atoms with Gasteiger partial charge >= 0.3 is 0 Å². The molecule has 0 aliphatic rings. The van der Waals surface area contributed by atoms with Crippen LogP contribution in [0.1, 0.15) is 29.8 Å². The fourth-order valence-electron chi connectivity index (χ4n) is 2.31. The molecule has 0 fully saturated rings. The molecule has 0 radical (unpaired) electrons. The zero-order valence-electron chi connectivity index (χ0n) is 15.1. The lowest BCUT2D eigenvalue weighted by molar-refractivity contribution is 0.0954. The van der Waals surface area contributed by atoms with Gasteiger partial charge in [0.1, 0.15) is 5.75 Å². The van der Waals surface area contributed by atoms with E-state index in [0.717, 1.165) is 0 Å². The molecule has 6 nitrogen and oxygen atoms in total. The Hall–Kier alpha value is -2.73. The summed E-state index contributed by atoms with van der Waals surface area (Å²) in [7, 11) is 3.08. The predicted molar refractivity (Wildman–Crippen MR) is 102 cm³/mol. The van der Waals surface area contributed by atoms with Crippen molar-refractivity contribution in [2.75, 3.05) is 20.8 Å². The van der Waals surface area contributed by atoms with Crippen LogP contribution in [0.5, 0.6) is 17.2 Å². The lowest BCUT2D eigenvalue weighted by Crippen LogP contribution is -2.19. The molecule has 2 aromatic carbocycles. The van der Waals surface area contributed by atoms with Crippen LogP contribution in [0.4, 0.5) is 0 Å². The molecule has 0 bridgehead atoms. The SMILES string of the molecule is CCOc1ccc(C(=O)N/N=C(/C)c2cc(Cl)ccc2OC)cc1OC. The highest BCUT2D eigenvalue weighted by atomic mass is 35.5. The Bertz CT molecular complexity index is 821. The Morgan fingerprint density at radius 2 is 1.77 bits per heavy atom. The molecule has 1 N–H and O–H groups in total. The molecule has 1 amide bonds. The summed E-state index contributed by atoms with van der Waals surface area (Å²) in [4.78, 5) is 12.4. The number of nitrogens with one attached hydrogen (secondary N) is 1. The molecule has 0 aliphatic heterocycles. The Balaban J connectivity index is 2.19. The molecule has 2 rings (SSSR count). The van der Waals surface area contributed by atoms with Gasteiger partial charge in [0.05, 0.1) is 26.5 Å². The summed E-state index contributed by atoms with van der Waals surface area (Å²) in [5, 5.41) is 4.69. The molecule has 26 heavy (non-hydrogen) atoms. The third-order valence-corrected chi connectivity index (χ3v) is 3.84. The lowest BCUT2D eigenvalue weighted by Gasteiger charge is -2.11. The molecule has 0 atom stereocenters. The number of carbonyl (C=O) groups is 1. The highest BCUT2D eigenvalue weighted by Gasteiger charge is 2.12. The van der Waals surface area contributed by atoms with Gasteiger partial charge in [0, 0.05) is 16.1 Å². The second-order valence-corrected chi connectivity index (χ2v) is 5.72. The molecule has 138 valence electrons. The van der Waals surface area contributed by atoms with E-state index in [9.17, 15) is 4.79 Å². The van der Waals surface area contributed by atoms with Gasteiger partial charge in [0.2, 0.25) is 0 Å². The molecule has 7 heteroatoms. The maximum absolute atomic E-state index is 12.4. The van der Waals surface area contributed by atoms with Gasteiger partial charge < -0.3 is 14.2 Å². The van der Waals surface area contributed by atoms with E-state index >= 15 is 0 Å². The fourth-order valence-corrected chi connectivity index (χ4v) is 2.48. The first-order chi connectivity index (χ1) is 12.5. The third-order valence-electron chi connectivity index (χ3n) is 3.60. The van der Waals surface area contributed by atoms with Crippen molar-refractivity contribution in [2.45, 2.75) is 13.8 Å². The summed E-state index contributed by atoms with van der Waals surface area (Å²) in [5.41, 5.74) is 4.19. The minimum Gasteiger partial charge on any atom is -0.496 e. The summed E-state index contributed by atoms with van der Waals surface area (Å²) in [5.74, 6) is 1.31. The van der Waals surface area contributed by atoms with Crippen LogP contribution >= 0.6 is 11.6 Å². The van der Waals surface area contributed by atoms with Crippen LogP contribution in [0, 0.1) is 0 Å². The lowest BCUT2D eigenvalue weighted by atomic mass is 10.1. The number of nitrogens with zero attached hydrogens (tertiary/aromatic N) is 1. The van der Waals surface area contributed by atoms with E-state index in [1.54, 1.807) is 50.4 Å². The maximum atomic E-state index is 12.4. The predicted octanol–water partition coefficient (Wildman–Crippen LogP) is 3.91. The van der Waals surface area contributed by atoms with Crippen LogP contribution in [-0.4, -0.2) is 32.4 Å². The Labute approximate surface area is 157 Å². The number of hydrogen-bond donors (Lipinski definition) is 1. The van der Waals surface area contributed by atoms with E-state index in [1.165, 1.54) is 7.11 Å². The molecule has 0 spiro atoms. The minimum atomic E-state index is -0.369. The average Bonchev–Trinajstić information content (AvgIpc) is 2.66. The first-order valence-electron chi connectivity index (χ1n) is 7.99. The van der Waals surface area contributed by atoms with Gasteiger partial charge in [-0.1, -0.05) is 11.6 Å². The number of carbonyl (C=O) groups excluding carboxylic acids is 1. The van der Waals surface area contributed by atoms with Crippen molar-refractivity contribution in [3.63, 3.8) is 0 Å². The molecule has 0 aliphatic carbocycles. The van der Waals surface area contributed by atoms with Crippen molar-refractivity contribution in [3.8, 4) is 17.2 Å². The molecule has 0 unspecified atom stereocenters. The van der Waals surface area contributed by atoms with Gasteiger partial charge in [-0.3, -0.25) is 4.79 Å². The maximum Gasteiger partial charge on any atom is 0.271 e. The molecule has 2 aromatic rings. The van der Waals surface area contributed by atoms with Gasteiger partial charge in [-0.25, -0.2) is 5.43 Å².